The lowest BCUT2D eigenvalue weighted by atomic mass is 10.0. The summed E-state index contributed by atoms with van der Waals surface area (Å²) in [4.78, 5) is 20.5. The van der Waals surface area contributed by atoms with Crippen molar-refractivity contribution >= 4 is 23.2 Å². The van der Waals surface area contributed by atoms with E-state index < -0.39 is 5.82 Å². The van der Waals surface area contributed by atoms with Crippen LogP contribution in [0.15, 0.2) is 71.9 Å². The highest BCUT2D eigenvalue weighted by Crippen LogP contribution is 2.33. The van der Waals surface area contributed by atoms with E-state index in [2.05, 4.69) is 5.16 Å². The minimum Gasteiger partial charge on any atom is -0.454 e. The lowest BCUT2D eigenvalue weighted by molar-refractivity contribution is 0.0405. The number of carbonyl (C=O) groups excluding carboxylic acids is 1. The van der Waals surface area contributed by atoms with Crippen LogP contribution in [0.1, 0.15) is 27.9 Å². The smallest absolute Gasteiger partial charge is 0.254 e. The first-order valence-corrected chi connectivity index (χ1v) is 10.8. The summed E-state index contributed by atoms with van der Waals surface area (Å²) in [7, 11) is 0. The van der Waals surface area contributed by atoms with Crippen molar-refractivity contribution in [2.75, 3.05) is 13.3 Å². The molecule has 2 heterocycles. The fraction of sp³-hybridized carbons (Fsp3) is 0.200. The molecule has 1 unspecified atom stereocenters. The predicted molar refractivity (Wildman–Crippen MR) is 121 cm³/mol. The minimum absolute atomic E-state index is 0.199. The maximum absolute atomic E-state index is 13.8. The quantitative estimate of drug-likeness (QED) is 0.510. The second-order valence-electron chi connectivity index (χ2n) is 7.86. The Labute approximate surface area is 195 Å². The Morgan fingerprint density at radius 3 is 2.76 bits per heavy atom. The van der Waals surface area contributed by atoms with Gasteiger partial charge in [0.1, 0.15) is 5.82 Å². The van der Waals surface area contributed by atoms with Crippen molar-refractivity contribution in [1.82, 2.24) is 4.90 Å². The van der Waals surface area contributed by atoms with Gasteiger partial charge in [0, 0.05) is 29.1 Å². The molecule has 2 aliphatic heterocycles. The molecular weight excluding hydrogens is 447 g/mol. The van der Waals surface area contributed by atoms with Crippen molar-refractivity contribution in [2.24, 2.45) is 5.16 Å². The summed E-state index contributed by atoms with van der Waals surface area (Å²) >= 11 is 6.13. The number of ether oxygens (including phenoxy) is 2. The Balaban J connectivity index is 1.33. The number of nitrogens with zero attached hydrogens (tertiary/aromatic N) is 2. The first-order chi connectivity index (χ1) is 16.0. The van der Waals surface area contributed by atoms with Crippen molar-refractivity contribution in [2.45, 2.75) is 19.1 Å². The highest BCUT2D eigenvalue weighted by Gasteiger charge is 2.28. The molecule has 8 heteroatoms. The van der Waals surface area contributed by atoms with Gasteiger partial charge in [0.05, 0.1) is 12.3 Å². The monoisotopic (exact) mass is 466 g/mol. The molecule has 1 atom stereocenters. The van der Waals surface area contributed by atoms with Crippen molar-refractivity contribution in [3.63, 3.8) is 0 Å². The topological polar surface area (TPSA) is 60.4 Å². The third kappa shape index (κ3) is 4.78. The molecule has 0 aromatic heterocycles. The summed E-state index contributed by atoms with van der Waals surface area (Å²) in [5.74, 6) is 0.606. The lowest BCUT2D eigenvalue weighted by Crippen LogP contribution is -2.37. The summed E-state index contributed by atoms with van der Waals surface area (Å²) in [5, 5.41) is 4.81. The van der Waals surface area contributed by atoms with E-state index in [1.54, 1.807) is 23.1 Å². The van der Waals surface area contributed by atoms with Gasteiger partial charge in [-0.3, -0.25) is 4.79 Å². The number of amides is 1. The first-order valence-electron chi connectivity index (χ1n) is 10.5. The number of benzene rings is 3. The normalized spacial score (nSPS) is 16.3. The maximum atomic E-state index is 13.8. The summed E-state index contributed by atoms with van der Waals surface area (Å²) in [5.41, 5.74) is 2.77. The number of hydrogen-bond donors (Lipinski definition) is 0. The standard InChI is InChI=1S/C25H20ClFN2O4/c26-19-5-1-3-16(9-19)13-29(25(30)18-4-2-6-20(27)10-18)14-21-12-22(28-33-21)17-7-8-23-24(11-17)32-15-31-23/h1-11,21H,12-15H2. The largest absolute Gasteiger partial charge is 0.454 e. The van der Waals surface area contributed by atoms with E-state index in [0.29, 0.717) is 29.5 Å². The molecule has 0 aliphatic carbocycles. The average molecular weight is 467 g/mol. The zero-order chi connectivity index (χ0) is 22.8. The molecule has 6 nitrogen and oxygen atoms in total. The Hall–Kier alpha value is -3.58. The van der Waals surface area contributed by atoms with E-state index >= 15 is 0 Å². The summed E-state index contributed by atoms with van der Waals surface area (Å²) in [6.45, 7) is 0.777. The number of halogens is 2. The summed E-state index contributed by atoms with van der Waals surface area (Å²) in [6.07, 6.45) is 0.171. The van der Waals surface area contributed by atoms with Gasteiger partial charge in [0.15, 0.2) is 17.6 Å². The van der Waals surface area contributed by atoms with Gasteiger partial charge in [-0.25, -0.2) is 4.39 Å². The number of hydrogen-bond acceptors (Lipinski definition) is 5. The van der Waals surface area contributed by atoms with Crippen LogP contribution in [0, 0.1) is 5.82 Å². The third-order valence-corrected chi connectivity index (χ3v) is 5.72. The van der Waals surface area contributed by atoms with E-state index in [4.69, 9.17) is 25.9 Å². The van der Waals surface area contributed by atoms with Crippen LogP contribution in [-0.2, 0) is 11.4 Å². The molecular formula is C25H20ClFN2O4. The second kappa shape index (κ2) is 9.11. The van der Waals surface area contributed by atoms with Crippen molar-refractivity contribution < 1.29 is 23.5 Å². The Morgan fingerprint density at radius 2 is 1.91 bits per heavy atom. The van der Waals surface area contributed by atoms with Crippen molar-refractivity contribution in [1.29, 1.82) is 0 Å². The van der Waals surface area contributed by atoms with Gasteiger partial charge in [0.2, 0.25) is 6.79 Å². The first kappa shape index (κ1) is 21.3. The average Bonchev–Trinajstić information content (AvgIpc) is 3.47. The zero-order valence-corrected chi connectivity index (χ0v) is 18.3. The van der Waals surface area contributed by atoms with Gasteiger partial charge >= 0.3 is 0 Å². The Bertz CT molecular complexity index is 1230. The molecule has 0 N–H and O–H groups in total. The highest BCUT2D eigenvalue weighted by molar-refractivity contribution is 6.30. The van der Waals surface area contributed by atoms with Gasteiger partial charge in [-0.2, -0.15) is 0 Å². The molecule has 0 saturated heterocycles. The summed E-state index contributed by atoms with van der Waals surface area (Å²) < 4.78 is 24.6. The van der Waals surface area contributed by atoms with E-state index in [9.17, 15) is 9.18 Å². The molecule has 3 aromatic carbocycles. The molecule has 2 aliphatic rings. The van der Waals surface area contributed by atoms with Gasteiger partial charge in [0.25, 0.3) is 5.91 Å². The Kier molecular flexibility index (Phi) is 5.88. The number of fused-ring (bicyclic) bond motifs is 1. The molecule has 5 rings (SSSR count). The molecule has 1 amide bonds. The number of rotatable bonds is 6. The molecule has 33 heavy (non-hydrogen) atoms. The zero-order valence-electron chi connectivity index (χ0n) is 17.5. The predicted octanol–water partition coefficient (Wildman–Crippen LogP) is 5.04. The van der Waals surface area contributed by atoms with Crippen LogP contribution in [0.25, 0.3) is 0 Å². The SMILES string of the molecule is O=C(c1cccc(F)c1)N(Cc1cccc(Cl)c1)CC1CC(c2ccc3c(c2)OCO3)=NO1. The molecule has 0 spiro atoms. The third-order valence-electron chi connectivity index (χ3n) is 5.48. The van der Waals surface area contributed by atoms with Crippen LogP contribution in [0.5, 0.6) is 11.5 Å². The van der Waals surface area contributed by atoms with Crippen LogP contribution in [0.4, 0.5) is 4.39 Å². The molecule has 0 bridgehead atoms. The fourth-order valence-corrected chi connectivity index (χ4v) is 4.11. The number of oxime groups is 1. The number of carbonyl (C=O) groups is 1. The van der Waals surface area contributed by atoms with Crippen LogP contribution >= 0.6 is 11.6 Å². The molecule has 3 aromatic rings. The van der Waals surface area contributed by atoms with E-state index in [1.165, 1.54) is 18.2 Å². The molecule has 0 radical (unpaired) electrons. The Morgan fingerprint density at radius 1 is 1.06 bits per heavy atom. The van der Waals surface area contributed by atoms with Gasteiger partial charge in [-0.05, 0) is 54.1 Å². The molecule has 0 fully saturated rings. The van der Waals surface area contributed by atoms with Crippen LogP contribution in [0.2, 0.25) is 5.02 Å². The summed E-state index contributed by atoms with van der Waals surface area (Å²) in [6, 6.07) is 18.6. The molecule has 0 saturated carbocycles. The van der Waals surface area contributed by atoms with Gasteiger partial charge < -0.3 is 19.2 Å². The lowest BCUT2D eigenvalue weighted by Gasteiger charge is -2.25. The van der Waals surface area contributed by atoms with E-state index in [1.807, 2.05) is 30.3 Å². The van der Waals surface area contributed by atoms with Crippen LogP contribution in [0.3, 0.4) is 0 Å². The molecule has 168 valence electrons. The highest BCUT2D eigenvalue weighted by atomic mass is 35.5. The van der Waals surface area contributed by atoms with Gasteiger partial charge in [-0.1, -0.05) is 35.0 Å². The second-order valence-corrected chi connectivity index (χ2v) is 8.30. The maximum Gasteiger partial charge on any atom is 0.254 e. The van der Waals surface area contributed by atoms with Gasteiger partial charge in [-0.15, -0.1) is 0 Å². The van der Waals surface area contributed by atoms with E-state index in [-0.39, 0.29) is 30.9 Å². The van der Waals surface area contributed by atoms with Crippen LogP contribution in [-0.4, -0.2) is 36.0 Å². The minimum atomic E-state index is -0.464. The fourth-order valence-electron chi connectivity index (χ4n) is 3.90. The van der Waals surface area contributed by atoms with Crippen molar-refractivity contribution in [3.8, 4) is 11.5 Å². The van der Waals surface area contributed by atoms with Crippen LogP contribution < -0.4 is 9.47 Å². The van der Waals surface area contributed by atoms with Crippen molar-refractivity contribution in [3.05, 3.63) is 94.3 Å². The van der Waals surface area contributed by atoms with E-state index in [0.717, 1.165) is 16.8 Å².